The maximum Gasteiger partial charge on any atom is 0.298 e. The van der Waals surface area contributed by atoms with Crippen LogP contribution < -0.4 is 4.90 Å². The molecular weight excluding hydrogens is 408 g/mol. The van der Waals surface area contributed by atoms with Crippen LogP contribution in [0.15, 0.2) is 59.5 Å². The monoisotopic (exact) mass is 430 g/mol. The number of benzene rings is 2. The Morgan fingerprint density at radius 3 is 2.35 bits per heavy atom. The molecule has 0 bridgehead atoms. The number of carbonyl (C=O) groups is 3. The van der Waals surface area contributed by atoms with Gasteiger partial charge in [-0.25, -0.2) is 4.90 Å². The first-order chi connectivity index (χ1) is 14.8. The lowest BCUT2D eigenvalue weighted by molar-refractivity contribution is -0.113. The molecule has 1 aromatic heterocycles. The molecule has 2 heterocycles. The fourth-order valence-corrected chi connectivity index (χ4v) is 4.61. The van der Waals surface area contributed by atoms with Crippen molar-refractivity contribution in [2.24, 2.45) is 0 Å². The zero-order valence-corrected chi connectivity index (χ0v) is 18.6. The summed E-state index contributed by atoms with van der Waals surface area (Å²) >= 11 is 0.945. The van der Waals surface area contributed by atoms with E-state index in [9.17, 15) is 14.4 Å². The fourth-order valence-electron chi connectivity index (χ4n) is 3.78. The largest absolute Gasteiger partial charge is 0.318 e. The van der Waals surface area contributed by atoms with Gasteiger partial charge in [0.05, 0.1) is 10.6 Å². The van der Waals surface area contributed by atoms with Gasteiger partial charge < -0.3 is 4.57 Å². The van der Waals surface area contributed by atoms with E-state index in [1.807, 2.05) is 51.1 Å². The van der Waals surface area contributed by atoms with Gasteiger partial charge in [-0.1, -0.05) is 30.3 Å². The van der Waals surface area contributed by atoms with Gasteiger partial charge in [-0.05, 0) is 80.9 Å². The maximum atomic E-state index is 12.9. The van der Waals surface area contributed by atoms with Gasteiger partial charge in [0.2, 0.25) is 0 Å². The second-order valence-electron chi connectivity index (χ2n) is 7.57. The molecule has 6 heteroatoms. The molecule has 2 amide bonds. The number of aromatic nitrogens is 1. The predicted molar refractivity (Wildman–Crippen MR) is 125 cm³/mol. The summed E-state index contributed by atoms with van der Waals surface area (Å²) in [5, 5.41) is -0.304. The number of para-hydroxylation sites is 1. The first-order valence-electron chi connectivity index (χ1n) is 9.92. The Balaban J connectivity index is 1.74. The Hall–Kier alpha value is -3.38. The van der Waals surface area contributed by atoms with Crippen molar-refractivity contribution in [3.63, 3.8) is 0 Å². The minimum absolute atomic E-state index is 0.0125. The number of Topliss-reactive ketones (excluding diaryl/α,β-unsaturated/α-hetero) is 1. The van der Waals surface area contributed by atoms with Crippen LogP contribution in [0.25, 0.3) is 11.8 Å². The van der Waals surface area contributed by atoms with Crippen molar-refractivity contribution < 1.29 is 14.4 Å². The van der Waals surface area contributed by atoms with Crippen LogP contribution >= 0.6 is 11.8 Å². The van der Waals surface area contributed by atoms with Crippen LogP contribution in [0.3, 0.4) is 0 Å². The molecule has 4 rings (SSSR count). The Morgan fingerprint density at radius 2 is 1.68 bits per heavy atom. The molecule has 0 aliphatic carbocycles. The summed E-state index contributed by atoms with van der Waals surface area (Å²) < 4.78 is 2.08. The standard InChI is InChI=1S/C25H22N2O3S/c1-15-10-11-19(18(4)28)13-22(15)26-16(2)12-20(17(26)3)14-23-24(29)27(25(30)31-23)21-8-6-5-7-9-21/h5-14H,1-4H3. The molecule has 3 aromatic rings. The van der Waals surface area contributed by atoms with Crippen LogP contribution in [0.1, 0.15) is 39.8 Å². The summed E-state index contributed by atoms with van der Waals surface area (Å²) in [6, 6.07) is 16.6. The highest BCUT2D eigenvalue weighted by Gasteiger charge is 2.36. The number of anilines is 1. The topological polar surface area (TPSA) is 59.4 Å². The highest BCUT2D eigenvalue weighted by atomic mass is 32.2. The molecule has 2 aromatic carbocycles. The van der Waals surface area contributed by atoms with Crippen molar-refractivity contribution in [2.45, 2.75) is 27.7 Å². The highest BCUT2D eigenvalue weighted by Crippen LogP contribution is 2.36. The van der Waals surface area contributed by atoms with Crippen molar-refractivity contribution in [2.75, 3.05) is 4.90 Å². The minimum Gasteiger partial charge on any atom is -0.318 e. The summed E-state index contributed by atoms with van der Waals surface area (Å²) in [6.45, 7) is 7.52. The van der Waals surface area contributed by atoms with Crippen molar-refractivity contribution >= 4 is 40.5 Å². The van der Waals surface area contributed by atoms with E-state index in [4.69, 9.17) is 0 Å². The average molecular weight is 431 g/mol. The van der Waals surface area contributed by atoms with E-state index >= 15 is 0 Å². The van der Waals surface area contributed by atoms with Crippen LogP contribution in [0.5, 0.6) is 0 Å². The second-order valence-corrected chi connectivity index (χ2v) is 8.57. The summed E-state index contributed by atoms with van der Waals surface area (Å²) in [7, 11) is 0. The molecule has 1 saturated heterocycles. The molecule has 5 nitrogen and oxygen atoms in total. The summed E-state index contributed by atoms with van der Waals surface area (Å²) in [5.74, 6) is -0.306. The molecule has 31 heavy (non-hydrogen) atoms. The molecule has 156 valence electrons. The zero-order chi connectivity index (χ0) is 22.3. The third kappa shape index (κ3) is 3.75. The van der Waals surface area contributed by atoms with Crippen LogP contribution in [-0.4, -0.2) is 21.5 Å². The van der Waals surface area contributed by atoms with E-state index in [2.05, 4.69) is 4.57 Å². The normalized spacial score (nSPS) is 15.2. The molecule has 0 N–H and O–H groups in total. The van der Waals surface area contributed by atoms with Gasteiger partial charge in [0, 0.05) is 22.6 Å². The molecule has 1 fully saturated rings. The third-order valence-corrected chi connectivity index (χ3v) is 6.29. The van der Waals surface area contributed by atoms with Crippen molar-refractivity contribution in [1.29, 1.82) is 0 Å². The second kappa shape index (κ2) is 8.04. The van der Waals surface area contributed by atoms with Crippen LogP contribution in [0.4, 0.5) is 10.5 Å². The molecule has 0 saturated carbocycles. The quantitative estimate of drug-likeness (QED) is 0.385. The van der Waals surface area contributed by atoms with E-state index < -0.39 is 0 Å². The molecule has 0 atom stereocenters. The van der Waals surface area contributed by atoms with E-state index in [0.717, 1.165) is 40.0 Å². The molecule has 1 aliphatic heterocycles. The first-order valence-corrected chi connectivity index (χ1v) is 10.7. The molecule has 0 spiro atoms. The number of hydrogen-bond donors (Lipinski definition) is 0. The van der Waals surface area contributed by atoms with Gasteiger partial charge in [-0.2, -0.15) is 0 Å². The van der Waals surface area contributed by atoms with Gasteiger partial charge in [0.15, 0.2) is 5.78 Å². The molecular formula is C25H22N2O3S. The van der Waals surface area contributed by atoms with E-state index in [0.29, 0.717) is 16.2 Å². The summed E-state index contributed by atoms with van der Waals surface area (Å²) in [6.07, 6.45) is 1.77. The van der Waals surface area contributed by atoms with Crippen molar-refractivity contribution in [3.8, 4) is 5.69 Å². The van der Waals surface area contributed by atoms with Crippen LogP contribution in [0, 0.1) is 20.8 Å². The van der Waals surface area contributed by atoms with Gasteiger partial charge in [-0.3, -0.25) is 14.4 Å². The van der Waals surface area contributed by atoms with Gasteiger partial charge >= 0.3 is 0 Å². The summed E-state index contributed by atoms with van der Waals surface area (Å²) in [4.78, 5) is 38.9. The van der Waals surface area contributed by atoms with E-state index in [-0.39, 0.29) is 16.9 Å². The maximum absolute atomic E-state index is 12.9. The third-order valence-electron chi connectivity index (χ3n) is 5.42. The Kier molecular flexibility index (Phi) is 5.41. The van der Waals surface area contributed by atoms with E-state index in [1.165, 1.54) is 4.90 Å². The molecule has 1 aliphatic rings. The fraction of sp³-hybridized carbons (Fsp3) is 0.160. The van der Waals surface area contributed by atoms with Crippen molar-refractivity contribution in [3.05, 3.63) is 87.6 Å². The lowest BCUT2D eigenvalue weighted by atomic mass is 10.1. The molecule has 0 unspecified atom stereocenters. The number of amides is 2. The number of aryl methyl sites for hydroxylation is 2. The first kappa shape index (κ1) is 20.9. The number of thioether (sulfide) groups is 1. The van der Waals surface area contributed by atoms with Gasteiger partial charge in [0.1, 0.15) is 0 Å². The average Bonchev–Trinajstić information content (AvgIpc) is 3.17. The van der Waals surface area contributed by atoms with Crippen molar-refractivity contribution in [1.82, 2.24) is 4.57 Å². The lowest BCUT2D eigenvalue weighted by Gasteiger charge is -2.14. The highest BCUT2D eigenvalue weighted by molar-refractivity contribution is 8.19. The minimum atomic E-state index is -0.319. The van der Waals surface area contributed by atoms with Crippen LogP contribution in [-0.2, 0) is 4.79 Å². The summed E-state index contributed by atoms with van der Waals surface area (Å²) in [5.41, 5.74) is 5.98. The zero-order valence-electron chi connectivity index (χ0n) is 17.8. The Bertz CT molecular complexity index is 1260. The number of imide groups is 1. The molecule has 0 radical (unpaired) electrons. The number of rotatable bonds is 4. The Labute approximate surface area is 185 Å². The van der Waals surface area contributed by atoms with Crippen LogP contribution in [0.2, 0.25) is 0 Å². The predicted octanol–water partition coefficient (Wildman–Crippen LogP) is 5.85. The Morgan fingerprint density at radius 1 is 0.968 bits per heavy atom. The van der Waals surface area contributed by atoms with Gasteiger partial charge in [0.25, 0.3) is 11.1 Å². The number of ketones is 1. The smallest absolute Gasteiger partial charge is 0.298 e. The lowest BCUT2D eigenvalue weighted by Crippen LogP contribution is -2.27. The number of carbonyl (C=O) groups excluding carboxylic acids is 3. The number of hydrogen-bond acceptors (Lipinski definition) is 4. The van der Waals surface area contributed by atoms with Gasteiger partial charge in [-0.15, -0.1) is 0 Å². The number of nitrogens with zero attached hydrogens (tertiary/aromatic N) is 2. The SMILES string of the molecule is CC(=O)c1ccc(C)c(-n2c(C)cc(C=C3SC(=O)N(c4ccccc4)C3=O)c2C)c1. The van der Waals surface area contributed by atoms with E-state index in [1.54, 1.807) is 37.3 Å².